The van der Waals surface area contributed by atoms with Crippen LogP contribution in [0.25, 0.3) is 21.3 Å². The van der Waals surface area contributed by atoms with Crippen molar-refractivity contribution in [3.05, 3.63) is 63.6 Å². The number of hydrogen-bond donors (Lipinski definition) is 1. The van der Waals surface area contributed by atoms with Gasteiger partial charge in [0, 0.05) is 27.5 Å². The van der Waals surface area contributed by atoms with Crippen molar-refractivity contribution < 1.29 is 9.53 Å². The summed E-state index contributed by atoms with van der Waals surface area (Å²) >= 11 is 10.9. The molecule has 4 rings (SSSR count). The first kappa shape index (κ1) is 19.8. The topological polar surface area (TPSA) is 77.0 Å². The van der Waals surface area contributed by atoms with Crippen molar-refractivity contribution >= 4 is 60.1 Å². The van der Waals surface area contributed by atoms with Crippen LogP contribution in [0.2, 0.25) is 5.15 Å². The highest BCUT2D eigenvalue weighted by molar-refractivity contribution is 9.10. The Hall–Kier alpha value is -2.55. The van der Waals surface area contributed by atoms with Gasteiger partial charge in [0.05, 0.1) is 29.1 Å². The van der Waals surface area contributed by atoms with E-state index in [0.29, 0.717) is 32.7 Å². The number of anilines is 1. The number of aryl methyl sites for hydroxylation is 1. The van der Waals surface area contributed by atoms with Gasteiger partial charge in [0.25, 0.3) is 5.91 Å². The molecule has 1 amide bonds. The van der Waals surface area contributed by atoms with Crippen molar-refractivity contribution in [3.8, 4) is 16.9 Å². The quantitative estimate of drug-likeness (QED) is 0.370. The van der Waals surface area contributed by atoms with Crippen LogP contribution in [0.5, 0.6) is 5.75 Å². The van der Waals surface area contributed by atoms with Gasteiger partial charge in [-0.05, 0) is 37.3 Å². The molecule has 9 heteroatoms. The van der Waals surface area contributed by atoms with E-state index in [2.05, 4.69) is 36.2 Å². The summed E-state index contributed by atoms with van der Waals surface area (Å²) in [5.41, 5.74) is 3.28. The molecular formula is C20H14BrClN4O2S. The lowest BCUT2D eigenvalue weighted by Gasteiger charge is -2.13. The number of methoxy groups -OCH3 is 1. The fourth-order valence-corrected chi connectivity index (χ4v) is 4.44. The molecule has 0 saturated heterocycles. The third kappa shape index (κ3) is 4.10. The van der Waals surface area contributed by atoms with Crippen LogP contribution in [0.3, 0.4) is 0 Å². The normalized spacial score (nSPS) is 10.9. The highest BCUT2D eigenvalue weighted by atomic mass is 79.9. The zero-order valence-electron chi connectivity index (χ0n) is 15.4. The number of fused-ring (bicyclic) bond motifs is 1. The third-order valence-corrected chi connectivity index (χ3v) is 5.83. The molecule has 0 spiro atoms. The summed E-state index contributed by atoms with van der Waals surface area (Å²) in [6.45, 7) is 1.85. The molecule has 29 heavy (non-hydrogen) atoms. The van der Waals surface area contributed by atoms with Gasteiger partial charge in [0.1, 0.15) is 10.9 Å². The Labute approximate surface area is 184 Å². The number of hydrogen-bond acceptors (Lipinski definition) is 6. The van der Waals surface area contributed by atoms with Gasteiger partial charge in [-0.25, -0.2) is 9.97 Å². The number of carbonyl (C=O) groups excluding carboxylic acids is 1. The van der Waals surface area contributed by atoms with E-state index < -0.39 is 0 Å². The Morgan fingerprint density at radius 3 is 2.79 bits per heavy atom. The maximum Gasteiger partial charge on any atom is 0.259 e. The fraction of sp³-hybridized carbons (Fsp3) is 0.100. The summed E-state index contributed by atoms with van der Waals surface area (Å²) in [5.74, 6) is 0.194. The summed E-state index contributed by atoms with van der Waals surface area (Å²) in [5, 5.41) is 3.69. The summed E-state index contributed by atoms with van der Waals surface area (Å²) < 4.78 is 7.34. The van der Waals surface area contributed by atoms with Gasteiger partial charge in [0.15, 0.2) is 5.13 Å². The van der Waals surface area contributed by atoms with Gasteiger partial charge in [0.2, 0.25) is 0 Å². The molecule has 0 aliphatic carbocycles. The summed E-state index contributed by atoms with van der Waals surface area (Å²) in [6, 6.07) is 9.26. The van der Waals surface area contributed by atoms with E-state index >= 15 is 0 Å². The number of nitrogens with one attached hydrogen (secondary N) is 1. The molecule has 1 N–H and O–H groups in total. The largest absolute Gasteiger partial charge is 0.494 e. The minimum Gasteiger partial charge on any atom is -0.494 e. The number of pyridine rings is 2. The van der Waals surface area contributed by atoms with Crippen molar-refractivity contribution in [2.75, 3.05) is 12.4 Å². The molecule has 0 aliphatic heterocycles. The van der Waals surface area contributed by atoms with Gasteiger partial charge < -0.3 is 4.74 Å². The van der Waals surface area contributed by atoms with Crippen LogP contribution in [0.4, 0.5) is 5.13 Å². The van der Waals surface area contributed by atoms with Gasteiger partial charge in [-0.1, -0.05) is 38.9 Å². The lowest BCUT2D eigenvalue weighted by molar-refractivity contribution is 0.102. The predicted molar refractivity (Wildman–Crippen MR) is 119 cm³/mol. The molecule has 1 aromatic carbocycles. The van der Waals surface area contributed by atoms with Crippen LogP contribution in [0.15, 0.2) is 47.2 Å². The van der Waals surface area contributed by atoms with E-state index in [1.165, 1.54) is 23.7 Å². The first-order valence-corrected chi connectivity index (χ1v) is 10.5. The van der Waals surface area contributed by atoms with Crippen LogP contribution in [-0.4, -0.2) is 28.0 Å². The number of aromatic nitrogens is 3. The molecule has 3 aromatic heterocycles. The number of ether oxygens (including phenoxy) is 1. The number of thiazole rings is 1. The van der Waals surface area contributed by atoms with Crippen molar-refractivity contribution in [3.63, 3.8) is 0 Å². The van der Waals surface area contributed by atoms with Gasteiger partial charge in [-0.2, -0.15) is 0 Å². The molecule has 146 valence electrons. The van der Waals surface area contributed by atoms with Crippen LogP contribution in [-0.2, 0) is 0 Å². The first-order valence-electron chi connectivity index (χ1n) is 8.48. The minimum atomic E-state index is -0.319. The predicted octanol–water partition coefficient (Wildman–Crippen LogP) is 5.74. The third-order valence-electron chi connectivity index (χ3n) is 4.20. The smallest absolute Gasteiger partial charge is 0.259 e. The summed E-state index contributed by atoms with van der Waals surface area (Å²) in [4.78, 5) is 25.9. The molecule has 4 aromatic rings. The van der Waals surface area contributed by atoms with Crippen LogP contribution in [0.1, 0.15) is 16.1 Å². The Morgan fingerprint density at radius 1 is 1.17 bits per heavy atom. The monoisotopic (exact) mass is 488 g/mol. The minimum absolute atomic E-state index is 0.304. The number of rotatable bonds is 4. The second-order valence-corrected chi connectivity index (χ2v) is 8.50. The standard InChI is InChI=1S/C20H14BrClN4O2S/c1-10-5-12(13-7-18(22)24-9-16(13)28-2)14(8-23-10)19(27)26-20-25-15-4-3-11(21)6-17(15)29-20/h3-9H,1-2H3,(H,25,26,27). The van der Waals surface area contributed by atoms with E-state index in [1.807, 2.05) is 31.2 Å². The molecule has 0 fully saturated rings. The lowest BCUT2D eigenvalue weighted by atomic mass is 10.0. The zero-order valence-corrected chi connectivity index (χ0v) is 18.5. The highest BCUT2D eigenvalue weighted by Gasteiger charge is 2.19. The molecule has 0 atom stereocenters. The maximum absolute atomic E-state index is 13.1. The van der Waals surface area contributed by atoms with Gasteiger partial charge >= 0.3 is 0 Å². The average Bonchev–Trinajstić information content (AvgIpc) is 3.09. The molecule has 0 aliphatic rings. The van der Waals surface area contributed by atoms with E-state index in [1.54, 1.807) is 13.2 Å². The fourth-order valence-electron chi connectivity index (χ4n) is 2.87. The van der Waals surface area contributed by atoms with E-state index in [9.17, 15) is 4.79 Å². The molecule has 0 unspecified atom stereocenters. The second-order valence-electron chi connectivity index (χ2n) is 6.16. The van der Waals surface area contributed by atoms with Crippen LogP contribution >= 0.6 is 38.9 Å². The van der Waals surface area contributed by atoms with Crippen molar-refractivity contribution in [2.24, 2.45) is 0 Å². The Morgan fingerprint density at radius 2 is 2.00 bits per heavy atom. The second kappa shape index (κ2) is 8.06. The number of halogens is 2. The van der Waals surface area contributed by atoms with Crippen molar-refractivity contribution in [1.29, 1.82) is 0 Å². The summed E-state index contributed by atoms with van der Waals surface area (Å²) in [7, 11) is 1.54. The highest BCUT2D eigenvalue weighted by Crippen LogP contribution is 2.35. The lowest BCUT2D eigenvalue weighted by Crippen LogP contribution is -2.14. The van der Waals surface area contributed by atoms with Crippen LogP contribution in [0, 0.1) is 6.92 Å². The average molecular weight is 490 g/mol. The van der Waals surface area contributed by atoms with E-state index in [-0.39, 0.29) is 5.91 Å². The van der Waals surface area contributed by atoms with E-state index in [0.717, 1.165) is 20.4 Å². The number of carbonyl (C=O) groups is 1. The van der Waals surface area contributed by atoms with Crippen LogP contribution < -0.4 is 10.1 Å². The molecule has 0 saturated carbocycles. The zero-order chi connectivity index (χ0) is 20.5. The Balaban J connectivity index is 1.75. The first-order chi connectivity index (χ1) is 13.9. The molecular weight excluding hydrogens is 476 g/mol. The summed E-state index contributed by atoms with van der Waals surface area (Å²) in [6.07, 6.45) is 3.07. The van der Waals surface area contributed by atoms with Crippen molar-refractivity contribution in [1.82, 2.24) is 15.0 Å². The van der Waals surface area contributed by atoms with Gasteiger partial charge in [-0.3, -0.25) is 15.1 Å². The number of benzene rings is 1. The Kier molecular flexibility index (Phi) is 5.49. The number of amides is 1. The number of nitrogens with zero attached hydrogens (tertiary/aromatic N) is 3. The van der Waals surface area contributed by atoms with Gasteiger partial charge in [-0.15, -0.1) is 0 Å². The molecule has 6 nitrogen and oxygen atoms in total. The molecule has 3 heterocycles. The van der Waals surface area contributed by atoms with E-state index in [4.69, 9.17) is 16.3 Å². The maximum atomic E-state index is 13.1. The van der Waals surface area contributed by atoms with Crippen molar-refractivity contribution in [2.45, 2.75) is 6.92 Å². The SMILES string of the molecule is COc1cnc(Cl)cc1-c1cc(C)ncc1C(=O)Nc1nc2ccc(Br)cc2s1. The Bertz CT molecular complexity index is 1240. The molecule has 0 radical (unpaired) electrons. The molecule has 0 bridgehead atoms.